The zero-order valence-corrected chi connectivity index (χ0v) is 12.4. The van der Waals surface area contributed by atoms with E-state index >= 15 is 0 Å². The van der Waals surface area contributed by atoms with Gasteiger partial charge in [0, 0.05) is 5.56 Å². The van der Waals surface area contributed by atoms with Crippen molar-refractivity contribution in [1.82, 2.24) is 0 Å². The number of carbonyl (C=O) groups is 1. The number of allylic oxidation sites excluding steroid dienone is 1. The number of hydrogen-bond donors (Lipinski definition) is 0. The van der Waals surface area contributed by atoms with Gasteiger partial charge in [-0.3, -0.25) is 4.79 Å². The zero-order chi connectivity index (χ0) is 16.1. The fourth-order valence-corrected chi connectivity index (χ4v) is 2.79. The van der Waals surface area contributed by atoms with Crippen LogP contribution < -0.4 is 0 Å². The molecule has 0 saturated heterocycles. The normalized spacial score (nSPS) is 14.0. The molecule has 1 aliphatic rings. The van der Waals surface area contributed by atoms with E-state index in [0.29, 0.717) is 0 Å². The lowest BCUT2D eigenvalue weighted by Gasteiger charge is -2.14. The van der Waals surface area contributed by atoms with Gasteiger partial charge in [0.25, 0.3) is 0 Å². The first-order valence-corrected chi connectivity index (χ1v) is 7.00. The van der Waals surface area contributed by atoms with Crippen molar-refractivity contribution in [3.8, 4) is 0 Å². The molecule has 0 radical (unpaired) electrons. The maximum absolute atomic E-state index is 13.5. The molecule has 2 aromatic rings. The molecule has 2 aromatic carbocycles. The first-order valence-electron chi connectivity index (χ1n) is 6.21. The van der Waals surface area contributed by atoms with Crippen LogP contribution in [-0.2, 0) is 6.18 Å². The Balaban J connectivity index is 2.24. The Labute approximate surface area is 131 Å². The number of benzene rings is 2. The van der Waals surface area contributed by atoms with E-state index in [-0.39, 0.29) is 26.7 Å². The monoisotopic (exact) mass is 370 g/mol. The Morgan fingerprint density at radius 3 is 2.32 bits per heavy atom. The average Bonchev–Trinajstić information content (AvgIpc) is 2.75. The Morgan fingerprint density at radius 2 is 1.64 bits per heavy atom. The van der Waals surface area contributed by atoms with Crippen LogP contribution in [0, 0.1) is 5.82 Å². The Bertz CT molecular complexity index is 821. The SMILES string of the molecule is O=C1C=C(c2ccccc2C(F)(F)F)c2cc(Br)c(F)cc21. The maximum atomic E-state index is 13.5. The minimum Gasteiger partial charge on any atom is -0.289 e. The van der Waals surface area contributed by atoms with Crippen LogP contribution in [0.3, 0.4) is 0 Å². The summed E-state index contributed by atoms with van der Waals surface area (Å²) < 4.78 is 53.0. The molecular weight excluding hydrogens is 364 g/mol. The van der Waals surface area contributed by atoms with Crippen LogP contribution in [-0.4, -0.2) is 5.78 Å². The van der Waals surface area contributed by atoms with Gasteiger partial charge in [-0.25, -0.2) is 4.39 Å². The summed E-state index contributed by atoms with van der Waals surface area (Å²) in [6.45, 7) is 0. The van der Waals surface area contributed by atoms with E-state index in [0.717, 1.165) is 18.2 Å². The predicted molar refractivity (Wildman–Crippen MR) is 77.0 cm³/mol. The van der Waals surface area contributed by atoms with Gasteiger partial charge in [0.15, 0.2) is 5.78 Å². The lowest BCUT2D eigenvalue weighted by molar-refractivity contribution is -0.137. The van der Waals surface area contributed by atoms with E-state index in [4.69, 9.17) is 0 Å². The lowest BCUT2D eigenvalue weighted by Crippen LogP contribution is -2.08. The Kier molecular flexibility index (Phi) is 3.44. The highest BCUT2D eigenvalue weighted by Crippen LogP contribution is 2.41. The third-order valence-corrected chi connectivity index (χ3v) is 4.02. The molecule has 0 aliphatic heterocycles. The largest absolute Gasteiger partial charge is 0.417 e. The maximum Gasteiger partial charge on any atom is 0.417 e. The summed E-state index contributed by atoms with van der Waals surface area (Å²) >= 11 is 2.99. The highest BCUT2D eigenvalue weighted by atomic mass is 79.9. The van der Waals surface area contributed by atoms with Gasteiger partial charge < -0.3 is 0 Å². The van der Waals surface area contributed by atoms with Crippen LogP contribution in [0.15, 0.2) is 46.9 Å². The number of carbonyl (C=O) groups excluding carboxylic acids is 1. The topological polar surface area (TPSA) is 17.1 Å². The number of hydrogen-bond acceptors (Lipinski definition) is 1. The van der Waals surface area contributed by atoms with Crippen LogP contribution in [0.4, 0.5) is 17.6 Å². The summed E-state index contributed by atoms with van der Waals surface area (Å²) in [5.41, 5.74) is -0.431. The molecule has 112 valence electrons. The van der Waals surface area contributed by atoms with Gasteiger partial charge in [0.2, 0.25) is 0 Å². The van der Waals surface area contributed by atoms with Gasteiger partial charge in [-0.2, -0.15) is 13.2 Å². The molecule has 0 unspecified atom stereocenters. The van der Waals surface area contributed by atoms with E-state index in [9.17, 15) is 22.4 Å². The molecule has 6 heteroatoms. The van der Waals surface area contributed by atoms with Gasteiger partial charge in [-0.15, -0.1) is 0 Å². The van der Waals surface area contributed by atoms with E-state index in [2.05, 4.69) is 15.9 Å². The van der Waals surface area contributed by atoms with Crippen LogP contribution in [0.2, 0.25) is 0 Å². The first-order chi connectivity index (χ1) is 10.3. The molecule has 0 N–H and O–H groups in total. The van der Waals surface area contributed by atoms with Crippen molar-refractivity contribution >= 4 is 27.3 Å². The number of halogens is 5. The summed E-state index contributed by atoms with van der Waals surface area (Å²) in [6.07, 6.45) is -3.43. The summed E-state index contributed by atoms with van der Waals surface area (Å²) in [4.78, 5) is 11.9. The molecule has 22 heavy (non-hydrogen) atoms. The molecule has 0 saturated carbocycles. The summed E-state index contributed by atoms with van der Waals surface area (Å²) in [5.74, 6) is -1.14. The van der Waals surface area contributed by atoms with Gasteiger partial charge in [0.1, 0.15) is 5.82 Å². The van der Waals surface area contributed by atoms with E-state index < -0.39 is 23.3 Å². The smallest absolute Gasteiger partial charge is 0.289 e. The second-order valence-corrected chi connectivity index (χ2v) is 5.63. The van der Waals surface area contributed by atoms with Gasteiger partial charge in [0.05, 0.1) is 10.0 Å². The van der Waals surface area contributed by atoms with Crippen molar-refractivity contribution in [3.05, 3.63) is 75.0 Å². The van der Waals surface area contributed by atoms with Crippen molar-refractivity contribution in [2.75, 3.05) is 0 Å². The van der Waals surface area contributed by atoms with E-state index in [1.807, 2.05) is 0 Å². The molecule has 0 aromatic heterocycles. The molecule has 0 atom stereocenters. The van der Waals surface area contributed by atoms with E-state index in [1.54, 1.807) is 0 Å². The fourth-order valence-electron chi connectivity index (χ4n) is 2.45. The molecular formula is C16H7BrF4O. The molecule has 3 rings (SSSR count). The second-order valence-electron chi connectivity index (χ2n) is 4.78. The van der Waals surface area contributed by atoms with Crippen molar-refractivity contribution in [2.24, 2.45) is 0 Å². The van der Waals surface area contributed by atoms with Crippen molar-refractivity contribution in [3.63, 3.8) is 0 Å². The molecule has 1 nitrogen and oxygen atoms in total. The predicted octanol–water partition coefficient (Wildman–Crippen LogP) is 5.24. The summed E-state index contributed by atoms with van der Waals surface area (Å²) in [6, 6.07) is 7.36. The second kappa shape index (κ2) is 5.05. The van der Waals surface area contributed by atoms with Crippen LogP contribution in [0.1, 0.15) is 27.0 Å². The molecule has 0 spiro atoms. The van der Waals surface area contributed by atoms with Gasteiger partial charge >= 0.3 is 6.18 Å². The quantitative estimate of drug-likeness (QED) is 0.627. The fraction of sp³-hybridized carbons (Fsp3) is 0.0625. The third-order valence-electron chi connectivity index (χ3n) is 3.41. The standard InChI is InChI=1S/C16H7BrF4O/c17-13-5-9-10(7-15(22)11(9)6-14(13)18)8-3-1-2-4-12(8)16(19,20)21/h1-7H. The number of rotatable bonds is 1. The number of alkyl halides is 3. The van der Waals surface area contributed by atoms with E-state index in [1.165, 1.54) is 24.3 Å². The minimum absolute atomic E-state index is 0.0627. The first kappa shape index (κ1) is 15.0. The molecule has 0 bridgehead atoms. The highest BCUT2D eigenvalue weighted by molar-refractivity contribution is 9.10. The Morgan fingerprint density at radius 1 is 0.955 bits per heavy atom. The third kappa shape index (κ3) is 2.37. The summed E-state index contributed by atoms with van der Waals surface area (Å²) in [7, 11) is 0. The lowest BCUT2D eigenvalue weighted by atomic mass is 9.95. The number of fused-ring (bicyclic) bond motifs is 1. The zero-order valence-electron chi connectivity index (χ0n) is 10.8. The van der Waals surface area contributed by atoms with Crippen LogP contribution in [0.5, 0.6) is 0 Å². The molecule has 0 heterocycles. The molecule has 0 amide bonds. The molecule has 1 aliphatic carbocycles. The molecule has 0 fully saturated rings. The summed E-state index contributed by atoms with van der Waals surface area (Å²) in [5, 5.41) is 0. The van der Waals surface area contributed by atoms with Gasteiger partial charge in [-0.1, -0.05) is 18.2 Å². The van der Waals surface area contributed by atoms with Crippen molar-refractivity contribution < 1.29 is 22.4 Å². The van der Waals surface area contributed by atoms with Crippen molar-refractivity contribution in [1.29, 1.82) is 0 Å². The van der Waals surface area contributed by atoms with Crippen molar-refractivity contribution in [2.45, 2.75) is 6.18 Å². The van der Waals surface area contributed by atoms with Crippen LogP contribution >= 0.6 is 15.9 Å². The highest BCUT2D eigenvalue weighted by Gasteiger charge is 2.35. The van der Waals surface area contributed by atoms with Crippen LogP contribution in [0.25, 0.3) is 5.57 Å². The average molecular weight is 371 g/mol. The minimum atomic E-state index is -4.54. The number of ketones is 1. The van der Waals surface area contributed by atoms with Gasteiger partial charge in [-0.05, 0) is 56.9 Å². The Hall–Kier alpha value is -1.95.